The Balaban J connectivity index is 0.000000876. The van der Waals surface area contributed by atoms with Gasteiger partial charge in [0.15, 0.2) is 0 Å². The number of amides is 1. The Labute approximate surface area is 272 Å². The van der Waals surface area contributed by atoms with E-state index in [2.05, 4.69) is 24.9 Å². The van der Waals surface area contributed by atoms with Gasteiger partial charge in [-0.15, -0.1) is 5.56 Å². The summed E-state index contributed by atoms with van der Waals surface area (Å²) in [5.41, 5.74) is 0.965. The molecule has 0 aliphatic rings. The maximum atomic E-state index is 14.2. The van der Waals surface area contributed by atoms with Crippen LogP contribution in [0.3, 0.4) is 0 Å². The molecule has 1 heterocycles. The molecule has 0 fully saturated rings. The van der Waals surface area contributed by atoms with E-state index in [1.54, 1.807) is 18.2 Å². The number of hydrogen-bond donors (Lipinski definition) is 0. The van der Waals surface area contributed by atoms with Gasteiger partial charge in [-0.3, -0.25) is 19.0 Å². The van der Waals surface area contributed by atoms with Crippen LogP contribution in [0.4, 0.5) is 14.6 Å². The van der Waals surface area contributed by atoms with Gasteiger partial charge in [-0.2, -0.15) is 12.8 Å². The molecule has 180 valence electrons. The van der Waals surface area contributed by atoms with Crippen LogP contribution in [0.1, 0.15) is 33.6 Å². The summed E-state index contributed by atoms with van der Waals surface area (Å²) in [6.45, 7) is 6.68. The van der Waals surface area contributed by atoms with Gasteiger partial charge in [0, 0.05) is 22.6 Å². The van der Waals surface area contributed by atoms with Crippen LogP contribution in [-0.4, -0.2) is 52.1 Å². The van der Waals surface area contributed by atoms with Gasteiger partial charge in [0.2, 0.25) is 0 Å². The minimum Gasteiger partial charge on any atom is -0.341 e. The average molecular weight is 559 g/mol. The summed E-state index contributed by atoms with van der Waals surface area (Å²) in [4.78, 5) is 28.8. The first kappa shape index (κ1) is 34.0. The van der Waals surface area contributed by atoms with Gasteiger partial charge < -0.3 is 18.7 Å². The summed E-state index contributed by atoms with van der Waals surface area (Å²) in [7, 11) is 17.2. The molecule has 0 atom stereocenters. The van der Waals surface area contributed by atoms with Crippen LogP contribution in [0.2, 0.25) is 10.0 Å². The van der Waals surface area contributed by atoms with Gasteiger partial charge >= 0.3 is 51.4 Å². The summed E-state index contributed by atoms with van der Waals surface area (Å²) in [6, 6.07) is 12.6. The summed E-state index contributed by atoms with van der Waals surface area (Å²) in [5.74, 6) is -2.04. The van der Waals surface area contributed by atoms with Crippen molar-refractivity contribution in [1.82, 2.24) is 4.98 Å². The number of pyridine rings is 1. The molecule has 0 saturated carbocycles. The monoisotopic (exact) mass is 558 g/mol. The van der Waals surface area contributed by atoms with Crippen molar-refractivity contribution in [2.24, 2.45) is 0 Å². The average Bonchev–Trinajstić information content (AvgIpc) is 2.84. The number of anilines is 1. The third-order valence-electron chi connectivity index (χ3n) is 4.73. The van der Waals surface area contributed by atoms with Crippen molar-refractivity contribution < 1.29 is 69.8 Å². The number of aromatic nitrogens is 1. The summed E-state index contributed by atoms with van der Waals surface area (Å²) < 4.78 is 26.0. The maximum absolute atomic E-state index is 14.2. The van der Waals surface area contributed by atoms with Crippen molar-refractivity contribution in [3.8, 4) is 11.1 Å². The van der Waals surface area contributed by atoms with E-state index in [0.717, 1.165) is 6.07 Å². The Bertz CT molecular complexity index is 1190. The molecule has 6 radical (unpaired) electrons. The number of hydrogen-bond acceptors (Lipinski definition) is 3. The Morgan fingerprint density at radius 1 is 1.16 bits per heavy atom. The van der Waals surface area contributed by atoms with Crippen LogP contribution in [0.5, 0.6) is 0 Å². The molecule has 3 rings (SSSR count). The zero-order chi connectivity index (χ0) is 27.0. The van der Waals surface area contributed by atoms with Gasteiger partial charge in [-0.05, 0) is 24.4 Å². The molecule has 1 aromatic heterocycles. The Hall–Kier alpha value is -0.999. The number of carbonyl (C=O) groups is 2. The molecule has 4 nitrogen and oxygen atoms in total. The molecular weight excluding hydrogens is 541 g/mol. The van der Waals surface area contributed by atoms with Crippen molar-refractivity contribution in [3.05, 3.63) is 95.6 Å². The van der Waals surface area contributed by atoms with Crippen LogP contribution in [0, 0.1) is 25.7 Å². The number of alkyl halides is 1. The molecule has 3 aromatic rings. The van der Waals surface area contributed by atoms with E-state index < -0.39 is 28.7 Å². The van der Waals surface area contributed by atoms with Crippen molar-refractivity contribution in [1.29, 1.82) is 0 Å². The number of benzene rings is 2. The van der Waals surface area contributed by atoms with E-state index >= 15 is 0 Å². The number of carbonyl (C=O) groups excluding carboxylic acids is 2. The standard InChI is InChI=1S/C20H9B3Cl2FN2O2.C5H9F.K/c21-20(22,23)28(19(30)18-15(25)2-1-3-16(18)26)17-7-5-12(9-27-17)13-8-11(10-29)4-6-14(13)24;1-3-5(6)4-2;/h1-6,8-10H;5H,1-4H2;/q-1;-2;+1. The van der Waals surface area contributed by atoms with Crippen molar-refractivity contribution in [2.75, 3.05) is 4.90 Å². The molecule has 1 amide bonds. The molecule has 2 aromatic carbocycles. The normalized spacial score (nSPS) is 10.7. The number of nitrogens with zero attached hydrogens (tertiary/aromatic N) is 2. The fourth-order valence-electron chi connectivity index (χ4n) is 2.87. The minimum atomic E-state index is -2.23. The smallest absolute Gasteiger partial charge is 0.341 e. The van der Waals surface area contributed by atoms with Gasteiger partial charge in [0.25, 0.3) is 5.91 Å². The van der Waals surface area contributed by atoms with E-state index in [0.29, 0.717) is 45.7 Å². The van der Waals surface area contributed by atoms with Crippen LogP contribution in [-0.2, 0) is 0 Å². The molecule has 0 bridgehead atoms. The maximum Gasteiger partial charge on any atom is 1.00 e. The molecule has 0 N–H and O–H groups in total. The van der Waals surface area contributed by atoms with Crippen molar-refractivity contribution in [3.63, 3.8) is 0 Å². The summed E-state index contributed by atoms with van der Waals surface area (Å²) in [6.07, 6.45) is 1.95. The van der Waals surface area contributed by atoms with E-state index in [-0.39, 0.29) is 62.2 Å². The second-order valence-electron chi connectivity index (χ2n) is 7.48. The molecule has 0 aliphatic heterocycles. The Morgan fingerprint density at radius 2 is 1.81 bits per heavy atom. The number of rotatable bonds is 7. The Morgan fingerprint density at radius 3 is 2.27 bits per heavy atom. The predicted molar refractivity (Wildman–Crippen MR) is 142 cm³/mol. The molecule has 0 unspecified atom stereocenters. The number of halogens is 4. The van der Waals surface area contributed by atoms with E-state index in [1.807, 2.05) is 0 Å². The quantitative estimate of drug-likeness (QED) is 0.254. The van der Waals surface area contributed by atoms with Crippen LogP contribution in [0.15, 0.2) is 48.7 Å². The fraction of sp³-hybridized carbons (Fsp3) is 0.160. The van der Waals surface area contributed by atoms with Crippen LogP contribution >= 0.6 is 23.2 Å². The van der Waals surface area contributed by atoms with Crippen LogP contribution in [0.25, 0.3) is 11.1 Å². The summed E-state index contributed by atoms with van der Waals surface area (Å²) >= 11 is 12.2. The van der Waals surface area contributed by atoms with Crippen molar-refractivity contribution in [2.45, 2.75) is 24.3 Å². The zero-order valence-electron chi connectivity index (χ0n) is 20.1. The third kappa shape index (κ3) is 9.31. The van der Waals surface area contributed by atoms with Gasteiger partial charge in [0.1, 0.15) is 12.1 Å². The minimum absolute atomic E-state index is 0. The fourth-order valence-corrected chi connectivity index (χ4v) is 3.34. The first-order valence-electron chi connectivity index (χ1n) is 10.4. The third-order valence-corrected chi connectivity index (χ3v) is 5.37. The zero-order valence-corrected chi connectivity index (χ0v) is 24.7. The topological polar surface area (TPSA) is 50.3 Å². The van der Waals surface area contributed by atoms with E-state index in [1.165, 1.54) is 24.4 Å². The van der Waals surface area contributed by atoms with Crippen LogP contribution < -0.4 is 56.3 Å². The molecule has 12 heteroatoms. The van der Waals surface area contributed by atoms with Gasteiger partial charge in [0.05, 0.1) is 34.1 Å². The Kier molecular flexibility index (Phi) is 14.3. The largest absolute Gasteiger partial charge is 1.00 e. The van der Waals surface area contributed by atoms with Gasteiger partial charge in [-0.25, -0.2) is 16.5 Å². The van der Waals surface area contributed by atoms with E-state index in [9.17, 15) is 18.4 Å². The van der Waals surface area contributed by atoms with Crippen molar-refractivity contribution >= 4 is 64.8 Å². The number of aldehydes is 1. The second-order valence-corrected chi connectivity index (χ2v) is 8.30. The molecule has 0 aliphatic carbocycles. The predicted octanol–water partition coefficient (Wildman–Crippen LogP) is 2.35. The summed E-state index contributed by atoms with van der Waals surface area (Å²) in [5, 5.41) is -2.01. The second kappa shape index (κ2) is 15.6. The molecule has 0 spiro atoms. The first-order valence-corrected chi connectivity index (χ1v) is 11.2. The molecule has 0 saturated heterocycles. The van der Waals surface area contributed by atoms with Gasteiger partial charge in [-0.1, -0.05) is 52.2 Å². The SMILES string of the molecule is [B]C([B])([B])N(C(=O)c1c(F)cccc1Cl)c1[c-]cc(-c2cc(C=O)ccc2Cl)cn1.[CH2-]CC(F)C[CH2-].[K+]. The first-order chi connectivity index (χ1) is 16.9. The molecular formula is C25H18B3Cl2F2KN2O2-2. The van der Waals surface area contributed by atoms with E-state index in [4.69, 9.17) is 46.7 Å². The molecule has 37 heavy (non-hydrogen) atoms.